The van der Waals surface area contributed by atoms with Crippen molar-refractivity contribution in [3.05, 3.63) is 33.9 Å². The number of nitrogens with zero attached hydrogens (tertiary/aromatic N) is 1. The minimum absolute atomic E-state index is 0.234. The number of halogens is 2. The molecule has 0 amide bonds. The third-order valence-corrected chi connectivity index (χ3v) is 2.92. The molecule has 16 heavy (non-hydrogen) atoms. The van der Waals surface area contributed by atoms with Crippen LogP contribution in [0.2, 0.25) is 10.0 Å². The molecule has 1 heterocycles. The van der Waals surface area contributed by atoms with E-state index in [0.29, 0.717) is 15.9 Å². The molecule has 0 saturated carbocycles. The lowest BCUT2D eigenvalue weighted by Crippen LogP contribution is -2.11. The van der Waals surface area contributed by atoms with E-state index >= 15 is 0 Å². The van der Waals surface area contributed by atoms with E-state index in [-0.39, 0.29) is 10.7 Å². The Balaban J connectivity index is 2.94. The van der Waals surface area contributed by atoms with Crippen molar-refractivity contribution in [3.63, 3.8) is 0 Å². The van der Waals surface area contributed by atoms with Gasteiger partial charge in [0.05, 0.1) is 27.9 Å². The monoisotopic (exact) mass is 259 g/mol. The summed E-state index contributed by atoms with van der Waals surface area (Å²) in [6.45, 7) is -0.395. The number of carbonyl (C=O) groups is 1. The fourth-order valence-electron chi connectivity index (χ4n) is 1.63. The standard InChI is InChI=1S/C10H7Cl2NO3/c11-7-1-2-8(12)9-6(7)3-5(4-14)13(9)10(15)16/h1-3,14H,4H2,(H,15,16). The fraction of sp³-hybridized carbons (Fsp3) is 0.100. The van der Waals surface area contributed by atoms with Crippen molar-refractivity contribution in [2.75, 3.05) is 0 Å². The van der Waals surface area contributed by atoms with Gasteiger partial charge < -0.3 is 10.2 Å². The first-order valence-corrected chi connectivity index (χ1v) is 5.14. The van der Waals surface area contributed by atoms with Crippen LogP contribution in [0.1, 0.15) is 5.69 Å². The average Bonchev–Trinajstić information content (AvgIpc) is 2.64. The first-order valence-electron chi connectivity index (χ1n) is 4.38. The Morgan fingerprint density at radius 2 is 1.94 bits per heavy atom. The molecule has 0 aliphatic carbocycles. The summed E-state index contributed by atoms with van der Waals surface area (Å²) in [6, 6.07) is 4.62. The molecule has 0 aliphatic heterocycles. The SMILES string of the molecule is O=C(O)n1c(CO)cc2c(Cl)ccc(Cl)c21. The first kappa shape index (κ1) is 11.3. The maximum atomic E-state index is 11.1. The highest BCUT2D eigenvalue weighted by Gasteiger charge is 2.17. The molecule has 4 nitrogen and oxygen atoms in total. The highest BCUT2D eigenvalue weighted by atomic mass is 35.5. The van der Waals surface area contributed by atoms with E-state index in [4.69, 9.17) is 33.4 Å². The van der Waals surface area contributed by atoms with Gasteiger partial charge in [0.25, 0.3) is 0 Å². The van der Waals surface area contributed by atoms with Crippen LogP contribution in [0.25, 0.3) is 10.9 Å². The van der Waals surface area contributed by atoms with Gasteiger partial charge in [-0.3, -0.25) is 0 Å². The molecule has 0 fully saturated rings. The Morgan fingerprint density at radius 3 is 2.50 bits per heavy atom. The van der Waals surface area contributed by atoms with Gasteiger partial charge in [-0.2, -0.15) is 0 Å². The largest absolute Gasteiger partial charge is 0.464 e. The van der Waals surface area contributed by atoms with Crippen LogP contribution in [0.3, 0.4) is 0 Å². The number of carboxylic acid groups (broad SMARTS) is 1. The summed E-state index contributed by atoms with van der Waals surface area (Å²) in [7, 11) is 0. The van der Waals surface area contributed by atoms with E-state index in [1.807, 2.05) is 0 Å². The topological polar surface area (TPSA) is 62.5 Å². The fourth-order valence-corrected chi connectivity index (χ4v) is 2.09. The Morgan fingerprint density at radius 1 is 1.31 bits per heavy atom. The van der Waals surface area contributed by atoms with Gasteiger partial charge in [0, 0.05) is 5.39 Å². The number of aliphatic hydroxyl groups is 1. The summed E-state index contributed by atoms with van der Waals surface area (Å²) >= 11 is 11.9. The van der Waals surface area contributed by atoms with Crippen LogP contribution in [-0.4, -0.2) is 20.9 Å². The Hall–Kier alpha value is -1.23. The number of rotatable bonds is 1. The van der Waals surface area contributed by atoms with Crippen LogP contribution in [-0.2, 0) is 6.61 Å². The molecule has 0 unspecified atom stereocenters. The number of aliphatic hydroxyl groups excluding tert-OH is 1. The van der Waals surface area contributed by atoms with Gasteiger partial charge in [0.15, 0.2) is 0 Å². The van der Waals surface area contributed by atoms with Gasteiger partial charge in [-0.15, -0.1) is 0 Å². The molecule has 0 spiro atoms. The Labute approximate surface area is 101 Å². The zero-order valence-electron chi connectivity index (χ0n) is 7.94. The van der Waals surface area contributed by atoms with E-state index in [9.17, 15) is 4.79 Å². The molecule has 84 valence electrons. The quantitative estimate of drug-likeness (QED) is 0.828. The Kier molecular flexibility index (Phi) is 2.80. The van der Waals surface area contributed by atoms with Crippen LogP contribution in [0, 0.1) is 0 Å². The molecule has 0 aliphatic rings. The zero-order valence-corrected chi connectivity index (χ0v) is 9.46. The minimum atomic E-state index is -1.21. The number of fused-ring (bicyclic) bond motifs is 1. The van der Waals surface area contributed by atoms with Crippen LogP contribution in [0.4, 0.5) is 4.79 Å². The van der Waals surface area contributed by atoms with Crippen molar-refractivity contribution in [2.45, 2.75) is 6.61 Å². The molecule has 0 radical (unpaired) electrons. The van der Waals surface area contributed by atoms with Gasteiger partial charge in [0.1, 0.15) is 0 Å². The predicted molar refractivity (Wildman–Crippen MR) is 61.3 cm³/mol. The molecule has 2 aromatic rings. The van der Waals surface area contributed by atoms with Crippen LogP contribution in [0.15, 0.2) is 18.2 Å². The summed E-state index contributed by atoms with van der Waals surface area (Å²) < 4.78 is 0.934. The zero-order chi connectivity index (χ0) is 11.9. The molecular formula is C10H7Cl2NO3. The van der Waals surface area contributed by atoms with E-state index in [1.54, 1.807) is 6.07 Å². The second-order valence-corrected chi connectivity index (χ2v) is 4.02. The highest BCUT2D eigenvalue weighted by Crippen LogP contribution is 2.32. The number of hydrogen-bond donors (Lipinski definition) is 2. The maximum absolute atomic E-state index is 11.1. The third kappa shape index (κ3) is 1.55. The lowest BCUT2D eigenvalue weighted by Gasteiger charge is -2.03. The summed E-state index contributed by atoms with van der Waals surface area (Å²) in [5.74, 6) is 0. The van der Waals surface area contributed by atoms with E-state index < -0.39 is 12.7 Å². The molecule has 1 aromatic carbocycles. The van der Waals surface area contributed by atoms with Gasteiger partial charge in [-0.25, -0.2) is 9.36 Å². The number of hydrogen-bond acceptors (Lipinski definition) is 2. The van der Waals surface area contributed by atoms with Gasteiger partial charge in [0.2, 0.25) is 0 Å². The summed E-state index contributed by atoms with van der Waals surface area (Å²) in [6.07, 6.45) is -1.21. The van der Waals surface area contributed by atoms with Crippen molar-refractivity contribution in [3.8, 4) is 0 Å². The molecule has 2 N–H and O–H groups in total. The number of benzene rings is 1. The molecule has 2 rings (SSSR count). The summed E-state index contributed by atoms with van der Waals surface area (Å²) in [5, 5.41) is 19.3. The molecule has 1 aromatic heterocycles. The second kappa shape index (κ2) is 3.97. The molecular weight excluding hydrogens is 253 g/mol. The smallest absolute Gasteiger partial charge is 0.416 e. The molecule has 6 heteroatoms. The highest BCUT2D eigenvalue weighted by molar-refractivity contribution is 6.40. The van der Waals surface area contributed by atoms with Crippen molar-refractivity contribution in [2.24, 2.45) is 0 Å². The van der Waals surface area contributed by atoms with E-state index in [2.05, 4.69) is 0 Å². The van der Waals surface area contributed by atoms with Crippen LogP contribution in [0.5, 0.6) is 0 Å². The lowest BCUT2D eigenvalue weighted by molar-refractivity contribution is 0.193. The van der Waals surface area contributed by atoms with Gasteiger partial charge in [-0.1, -0.05) is 23.2 Å². The molecule has 0 atom stereocenters. The van der Waals surface area contributed by atoms with Crippen LogP contribution >= 0.6 is 23.2 Å². The lowest BCUT2D eigenvalue weighted by atomic mass is 10.2. The summed E-state index contributed by atoms with van der Waals surface area (Å²) in [4.78, 5) is 11.1. The average molecular weight is 260 g/mol. The molecule has 0 saturated heterocycles. The molecule has 0 bridgehead atoms. The third-order valence-electron chi connectivity index (χ3n) is 2.29. The normalized spacial score (nSPS) is 10.9. The van der Waals surface area contributed by atoms with E-state index in [0.717, 1.165) is 4.57 Å². The van der Waals surface area contributed by atoms with Crippen molar-refractivity contribution < 1.29 is 15.0 Å². The van der Waals surface area contributed by atoms with Crippen molar-refractivity contribution >= 4 is 40.2 Å². The van der Waals surface area contributed by atoms with Crippen molar-refractivity contribution in [1.82, 2.24) is 4.57 Å². The van der Waals surface area contributed by atoms with E-state index in [1.165, 1.54) is 12.1 Å². The van der Waals surface area contributed by atoms with Gasteiger partial charge >= 0.3 is 6.09 Å². The minimum Gasteiger partial charge on any atom is -0.464 e. The summed E-state index contributed by atoms with van der Waals surface area (Å²) in [5.41, 5.74) is 0.531. The second-order valence-electron chi connectivity index (χ2n) is 3.20. The van der Waals surface area contributed by atoms with Crippen LogP contribution < -0.4 is 0 Å². The predicted octanol–water partition coefficient (Wildman–Crippen LogP) is 2.97. The van der Waals surface area contributed by atoms with Gasteiger partial charge in [-0.05, 0) is 18.2 Å². The Bertz CT molecular complexity index is 577. The maximum Gasteiger partial charge on any atom is 0.416 e. The first-order chi connectivity index (χ1) is 7.56. The van der Waals surface area contributed by atoms with Crippen molar-refractivity contribution in [1.29, 1.82) is 0 Å². The number of aromatic nitrogens is 1.